The summed E-state index contributed by atoms with van der Waals surface area (Å²) in [5, 5.41) is 0. The summed E-state index contributed by atoms with van der Waals surface area (Å²) in [5.74, 6) is 0. The second kappa shape index (κ2) is 11.8. The monoisotopic (exact) mass is 490 g/mol. The lowest BCUT2D eigenvalue weighted by molar-refractivity contribution is -2.00. The summed E-state index contributed by atoms with van der Waals surface area (Å²) >= 11 is 0. The van der Waals surface area contributed by atoms with Crippen LogP contribution in [-0.2, 0) is 7.05 Å². The quantitative estimate of drug-likeness (QED) is 0.393. The zero-order valence-corrected chi connectivity index (χ0v) is 20.6. The fourth-order valence-corrected chi connectivity index (χ4v) is 3.62. The second-order valence-electron chi connectivity index (χ2n) is 8.05. The molecular weight excluding hydrogens is 464 g/mol. The molecule has 0 aliphatic carbocycles. The van der Waals surface area contributed by atoms with Crippen molar-refractivity contribution in [3.63, 3.8) is 0 Å². The fourth-order valence-electron chi connectivity index (χ4n) is 3.62. The summed E-state index contributed by atoms with van der Waals surface area (Å²) < 4.78 is 36.2. The third-order valence-electron chi connectivity index (χ3n) is 5.35. The first-order valence-electron chi connectivity index (χ1n) is 10.8. The lowest BCUT2D eigenvalue weighted by atomic mass is 10.0. The molecule has 35 heavy (non-hydrogen) atoms. The van der Waals surface area contributed by atoms with Gasteiger partial charge in [0.05, 0.1) is 0 Å². The number of aromatic nitrogens is 1. The average Bonchev–Trinajstić information content (AvgIpc) is 2.83. The van der Waals surface area contributed by atoms with E-state index in [4.69, 9.17) is 18.6 Å². The van der Waals surface area contributed by atoms with Gasteiger partial charge < -0.3 is 4.90 Å². The van der Waals surface area contributed by atoms with Gasteiger partial charge in [-0.15, -0.1) is 10.2 Å². The van der Waals surface area contributed by atoms with Crippen molar-refractivity contribution in [2.45, 2.75) is 0 Å². The van der Waals surface area contributed by atoms with Gasteiger partial charge in [-0.05, 0) is 47.5 Å². The normalized spacial score (nSPS) is 11.2. The average molecular weight is 491 g/mol. The number of hydrogen-bond donors (Lipinski definition) is 0. The molecule has 0 fully saturated rings. The minimum absolute atomic E-state index is 1.18. The van der Waals surface area contributed by atoms with Gasteiger partial charge in [0.1, 0.15) is 7.05 Å². The smallest absolute Gasteiger partial charge is 0.213 e. The molecule has 0 spiro atoms. The Balaban J connectivity index is 0.000000623. The molecule has 6 nitrogen and oxygen atoms in total. The molecule has 0 saturated heterocycles. The predicted octanol–water partition coefficient (Wildman–Crippen LogP) is 1.33. The van der Waals surface area contributed by atoms with E-state index in [1.165, 1.54) is 39.3 Å². The molecule has 180 valence electrons. The van der Waals surface area contributed by atoms with Crippen LogP contribution < -0.4 is 28.1 Å². The zero-order valence-electron chi connectivity index (χ0n) is 19.8. The molecule has 1 heterocycles. The van der Waals surface area contributed by atoms with E-state index in [2.05, 4.69) is 140 Å². The summed E-state index contributed by atoms with van der Waals surface area (Å²) in [7, 11) is 1.31. The van der Waals surface area contributed by atoms with E-state index < -0.39 is 10.2 Å². The highest BCUT2D eigenvalue weighted by molar-refractivity contribution is 5.74. The van der Waals surface area contributed by atoms with Crippen molar-refractivity contribution in [3.05, 3.63) is 108 Å². The van der Waals surface area contributed by atoms with E-state index in [1.54, 1.807) is 0 Å². The summed E-state index contributed by atoms with van der Waals surface area (Å²) in [6.07, 6.45) is 4.38. The lowest BCUT2D eigenvalue weighted by Gasteiger charge is -2.17. The number of halogens is 1. The minimum Gasteiger partial charge on any atom is -0.378 e. The third-order valence-corrected chi connectivity index (χ3v) is 5.35. The first-order chi connectivity index (χ1) is 16.6. The van der Waals surface area contributed by atoms with Gasteiger partial charge in [0.25, 0.3) is 0 Å². The molecule has 7 heteroatoms. The number of pyridine rings is 1. The van der Waals surface area contributed by atoms with Crippen LogP contribution in [0.1, 0.15) is 11.1 Å². The Kier molecular flexibility index (Phi) is 8.76. The van der Waals surface area contributed by atoms with Crippen LogP contribution in [-0.4, -0.2) is 14.1 Å². The van der Waals surface area contributed by atoms with Gasteiger partial charge in [-0.1, -0.05) is 60.7 Å². The maximum atomic E-state index is 8.49. The third kappa shape index (κ3) is 8.03. The largest absolute Gasteiger partial charge is 0.378 e. The summed E-state index contributed by atoms with van der Waals surface area (Å²) in [5.41, 5.74) is 8.39. The van der Waals surface area contributed by atoms with E-state index in [-0.39, 0.29) is 0 Å². The van der Waals surface area contributed by atoms with Crippen LogP contribution in [0.2, 0.25) is 0 Å². The highest BCUT2D eigenvalue weighted by Gasteiger charge is 2.17. The van der Waals surface area contributed by atoms with Crippen molar-refractivity contribution in [2.24, 2.45) is 7.05 Å². The first kappa shape index (κ1) is 26.1. The molecular formula is C28H27ClN2O4. The number of anilines is 1. The van der Waals surface area contributed by atoms with E-state index in [9.17, 15) is 0 Å². The molecule has 0 amide bonds. The van der Waals surface area contributed by atoms with Crippen molar-refractivity contribution in [1.82, 2.24) is 0 Å². The van der Waals surface area contributed by atoms with Gasteiger partial charge in [0.15, 0.2) is 0 Å². The van der Waals surface area contributed by atoms with E-state index in [0.29, 0.717) is 0 Å². The Morgan fingerprint density at radius 3 is 1.43 bits per heavy atom. The van der Waals surface area contributed by atoms with E-state index in [1.807, 2.05) is 0 Å². The maximum Gasteiger partial charge on any atom is 0.213 e. The van der Waals surface area contributed by atoms with E-state index in [0.717, 1.165) is 0 Å². The highest BCUT2D eigenvalue weighted by atomic mass is 35.7. The Labute approximate surface area is 208 Å². The Hall–Kier alpha value is -3.52. The standard InChI is InChI=1S/C28H27N2.ClHO4/c1-29(2)26-18-16-22(17-19-26)14-15-23-20-27(24-10-6-4-7-11-24)30(3)28(21-23)25-12-8-5-9-13-25;2-1(3,4)5/h4-21H,1-3H3;(H,2,3,4,5)/q+1;/p-1. The molecule has 4 aromatic rings. The molecule has 0 bridgehead atoms. The van der Waals surface area contributed by atoms with Gasteiger partial charge in [-0.2, -0.15) is 4.57 Å². The second-order valence-corrected chi connectivity index (χ2v) is 8.80. The van der Waals surface area contributed by atoms with Crippen molar-refractivity contribution in [1.29, 1.82) is 0 Å². The van der Waals surface area contributed by atoms with Crippen LogP contribution in [0.25, 0.3) is 34.7 Å². The van der Waals surface area contributed by atoms with Crippen molar-refractivity contribution < 1.29 is 33.4 Å². The molecule has 1 aromatic heterocycles. The fraction of sp³-hybridized carbons (Fsp3) is 0.107. The van der Waals surface area contributed by atoms with Gasteiger partial charge >= 0.3 is 0 Å². The molecule has 0 radical (unpaired) electrons. The highest BCUT2D eigenvalue weighted by Crippen LogP contribution is 2.24. The molecule has 0 aliphatic rings. The molecule has 0 unspecified atom stereocenters. The van der Waals surface area contributed by atoms with Gasteiger partial charge in [0, 0.05) is 43.0 Å². The van der Waals surface area contributed by atoms with Gasteiger partial charge in [-0.25, -0.2) is 18.6 Å². The zero-order chi connectivity index (χ0) is 25.4. The number of rotatable bonds is 5. The first-order valence-corrected chi connectivity index (χ1v) is 12.1. The van der Waals surface area contributed by atoms with Crippen LogP contribution in [0.15, 0.2) is 97.1 Å². The maximum absolute atomic E-state index is 8.49. The van der Waals surface area contributed by atoms with Crippen LogP contribution in [0.3, 0.4) is 0 Å². The van der Waals surface area contributed by atoms with Gasteiger partial charge in [-0.3, -0.25) is 0 Å². The molecule has 0 aliphatic heterocycles. The summed E-state index contributed by atoms with van der Waals surface area (Å²) in [6.45, 7) is 0. The van der Waals surface area contributed by atoms with Crippen LogP contribution in [0.5, 0.6) is 0 Å². The minimum atomic E-state index is -4.94. The van der Waals surface area contributed by atoms with Crippen LogP contribution >= 0.6 is 0 Å². The van der Waals surface area contributed by atoms with Gasteiger partial charge in [0.2, 0.25) is 11.4 Å². The van der Waals surface area contributed by atoms with Crippen molar-refractivity contribution in [3.8, 4) is 22.5 Å². The van der Waals surface area contributed by atoms with E-state index >= 15 is 0 Å². The topological polar surface area (TPSA) is 99.4 Å². The Morgan fingerprint density at radius 2 is 1.03 bits per heavy atom. The predicted molar refractivity (Wildman–Crippen MR) is 128 cm³/mol. The van der Waals surface area contributed by atoms with Crippen molar-refractivity contribution >= 4 is 17.8 Å². The van der Waals surface area contributed by atoms with Crippen LogP contribution in [0, 0.1) is 10.2 Å². The number of benzene rings is 3. The Morgan fingerprint density at radius 1 is 0.629 bits per heavy atom. The summed E-state index contributed by atoms with van der Waals surface area (Å²) in [4.78, 5) is 2.11. The SMILES string of the molecule is CN(C)c1ccc(/C=C/c2cc(-c3ccccc3)[n+](C)c(-c3ccccc3)c2)cc1.[O-][Cl+3]([O-])([O-])[O-]. The number of nitrogens with zero attached hydrogens (tertiary/aromatic N) is 2. The molecule has 0 N–H and O–H groups in total. The number of hydrogen-bond acceptors (Lipinski definition) is 5. The lowest BCUT2D eigenvalue weighted by Crippen LogP contribution is -2.68. The van der Waals surface area contributed by atoms with Crippen molar-refractivity contribution in [2.75, 3.05) is 19.0 Å². The Bertz CT molecular complexity index is 1190. The molecule has 3 aromatic carbocycles. The summed E-state index contributed by atoms with van der Waals surface area (Å²) in [6, 6.07) is 34.3. The molecule has 0 atom stereocenters. The molecule has 4 rings (SSSR count). The van der Waals surface area contributed by atoms with Crippen LogP contribution in [0.4, 0.5) is 5.69 Å². The molecule has 0 saturated carbocycles.